The Morgan fingerprint density at radius 3 is 2.12 bits per heavy atom. The van der Waals surface area contributed by atoms with Gasteiger partial charge in [0.05, 0.1) is 0 Å². The van der Waals surface area contributed by atoms with Gasteiger partial charge in [-0.1, -0.05) is 39.0 Å². The molecule has 0 aromatic heterocycles. The highest BCUT2D eigenvalue weighted by Gasteiger charge is 2.33. The SMILES string of the molecule is CC(C)(C)C1=[N+](\C(C)(C)C)CC/C=C/C=C\1. The minimum absolute atomic E-state index is 0.193. The number of allylic oxidation sites excluding steroid dienone is 3. The first-order valence-electron chi connectivity index (χ1n) is 6.21. The fourth-order valence-electron chi connectivity index (χ4n) is 2.09. The lowest BCUT2D eigenvalue weighted by atomic mass is 9.87. The van der Waals surface area contributed by atoms with Crippen LogP contribution < -0.4 is 0 Å². The third kappa shape index (κ3) is 3.33. The van der Waals surface area contributed by atoms with E-state index >= 15 is 0 Å². The van der Waals surface area contributed by atoms with E-state index in [9.17, 15) is 0 Å². The molecule has 0 aromatic carbocycles. The Hall–Kier alpha value is -0.850. The summed E-state index contributed by atoms with van der Waals surface area (Å²) in [6, 6.07) is 0. The van der Waals surface area contributed by atoms with Crippen LogP contribution in [-0.2, 0) is 0 Å². The van der Waals surface area contributed by atoms with Crippen LogP contribution in [0.2, 0.25) is 0 Å². The molecular formula is C15H26N+. The van der Waals surface area contributed by atoms with Crippen molar-refractivity contribution >= 4 is 5.71 Å². The van der Waals surface area contributed by atoms with E-state index in [0.29, 0.717) is 0 Å². The molecule has 1 rings (SSSR count). The fourth-order valence-corrected chi connectivity index (χ4v) is 2.09. The van der Waals surface area contributed by atoms with Crippen molar-refractivity contribution in [2.45, 2.75) is 53.5 Å². The average Bonchev–Trinajstić information content (AvgIpc) is 1.96. The van der Waals surface area contributed by atoms with Crippen molar-refractivity contribution in [1.29, 1.82) is 0 Å². The lowest BCUT2D eigenvalue weighted by molar-refractivity contribution is -0.598. The number of nitrogens with zero attached hydrogens (tertiary/aromatic N) is 1. The second-order valence-electron chi connectivity index (χ2n) is 6.53. The molecule has 16 heavy (non-hydrogen) atoms. The van der Waals surface area contributed by atoms with Gasteiger partial charge < -0.3 is 0 Å². The molecule has 1 aliphatic rings. The Kier molecular flexibility index (Phi) is 3.77. The molecule has 0 atom stereocenters. The van der Waals surface area contributed by atoms with Crippen LogP contribution in [0.15, 0.2) is 24.3 Å². The normalized spacial score (nSPS) is 27.1. The number of hydrogen-bond acceptors (Lipinski definition) is 0. The van der Waals surface area contributed by atoms with E-state index in [1.54, 1.807) is 0 Å². The zero-order valence-electron chi connectivity index (χ0n) is 11.7. The van der Waals surface area contributed by atoms with Crippen molar-refractivity contribution < 1.29 is 4.58 Å². The highest BCUT2D eigenvalue weighted by atomic mass is 15.1. The fraction of sp³-hybridized carbons (Fsp3) is 0.667. The molecule has 0 N–H and O–H groups in total. The molecule has 0 radical (unpaired) electrons. The summed E-state index contributed by atoms with van der Waals surface area (Å²) in [4.78, 5) is 0. The predicted molar refractivity (Wildman–Crippen MR) is 72.2 cm³/mol. The van der Waals surface area contributed by atoms with Gasteiger partial charge in [-0.3, -0.25) is 0 Å². The van der Waals surface area contributed by atoms with Crippen LogP contribution in [0.1, 0.15) is 48.0 Å². The Morgan fingerprint density at radius 2 is 1.62 bits per heavy atom. The van der Waals surface area contributed by atoms with Gasteiger partial charge in [0.25, 0.3) is 0 Å². The summed E-state index contributed by atoms with van der Waals surface area (Å²) in [6.07, 6.45) is 9.96. The first kappa shape index (κ1) is 13.2. The number of rotatable bonds is 0. The van der Waals surface area contributed by atoms with Crippen LogP contribution in [-0.4, -0.2) is 22.4 Å². The maximum Gasteiger partial charge on any atom is 0.181 e. The molecule has 0 bridgehead atoms. The smallest absolute Gasteiger partial charge is 0.181 e. The third-order valence-electron chi connectivity index (χ3n) is 2.89. The molecular weight excluding hydrogens is 194 g/mol. The summed E-state index contributed by atoms with van der Waals surface area (Å²) in [6.45, 7) is 14.8. The van der Waals surface area contributed by atoms with Crippen LogP contribution in [0.4, 0.5) is 0 Å². The van der Waals surface area contributed by atoms with Crippen LogP contribution >= 0.6 is 0 Å². The Balaban J connectivity index is 3.29. The molecule has 90 valence electrons. The molecule has 0 amide bonds. The molecule has 1 nitrogen and oxygen atoms in total. The van der Waals surface area contributed by atoms with Crippen LogP contribution in [0.25, 0.3) is 0 Å². The Labute approximate surface area is 101 Å². The largest absolute Gasteiger partial charge is 0.228 e. The summed E-state index contributed by atoms with van der Waals surface area (Å²) in [5, 5.41) is 0. The van der Waals surface area contributed by atoms with Gasteiger partial charge in [0.1, 0.15) is 6.54 Å². The molecule has 0 fully saturated rings. The topological polar surface area (TPSA) is 3.01 Å². The highest BCUT2D eigenvalue weighted by Crippen LogP contribution is 2.22. The van der Waals surface area contributed by atoms with Crippen molar-refractivity contribution in [3.8, 4) is 0 Å². The highest BCUT2D eigenvalue weighted by molar-refractivity contribution is 5.95. The minimum atomic E-state index is 0.193. The maximum atomic E-state index is 2.53. The van der Waals surface area contributed by atoms with E-state index in [4.69, 9.17) is 0 Å². The van der Waals surface area contributed by atoms with E-state index in [0.717, 1.165) is 13.0 Å². The Morgan fingerprint density at radius 1 is 1.00 bits per heavy atom. The lowest BCUT2D eigenvalue weighted by Gasteiger charge is -2.26. The van der Waals surface area contributed by atoms with Crippen molar-refractivity contribution in [1.82, 2.24) is 0 Å². The van der Waals surface area contributed by atoms with Gasteiger partial charge in [-0.2, -0.15) is 0 Å². The molecule has 0 unspecified atom stereocenters. The molecule has 1 heteroatoms. The summed E-state index contributed by atoms with van der Waals surface area (Å²) >= 11 is 0. The zero-order chi connectivity index (χ0) is 12.4. The minimum Gasteiger partial charge on any atom is -0.228 e. The van der Waals surface area contributed by atoms with E-state index in [-0.39, 0.29) is 11.0 Å². The summed E-state index contributed by atoms with van der Waals surface area (Å²) < 4.78 is 2.53. The molecule has 1 heterocycles. The quantitative estimate of drug-likeness (QED) is 0.546. The molecule has 0 aliphatic carbocycles. The molecule has 1 aliphatic heterocycles. The summed E-state index contributed by atoms with van der Waals surface area (Å²) in [5.74, 6) is 0. The second kappa shape index (κ2) is 4.57. The van der Waals surface area contributed by atoms with Gasteiger partial charge in [-0.25, -0.2) is 4.58 Å². The zero-order valence-corrected chi connectivity index (χ0v) is 11.7. The summed E-state index contributed by atoms with van der Waals surface area (Å²) in [7, 11) is 0. The molecule has 0 aromatic rings. The van der Waals surface area contributed by atoms with Crippen molar-refractivity contribution in [2.24, 2.45) is 5.41 Å². The standard InChI is InChI=1S/C15H26N/c1-14(2,3)13-11-9-7-8-10-12-16(13)15(4,5)6/h7-9,11H,10,12H2,1-6H3/q+1/b8-7+,11-9-,16-13-. The van der Waals surface area contributed by atoms with Crippen molar-refractivity contribution in [3.63, 3.8) is 0 Å². The van der Waals surface area contributed by atoms with Crippen LogP contribution in [0.5, 0.6) is 0 Å². The van der Waals surface area contributed by atoms with Gasteiger partial charge >= 0.3 is 0 Å². The Bertz CT molecular complexity index is 329. The molecule has 0 saturated carbocycles. The second-order valence-corrected chi connectivity index (χ2v) is 6.53. The molecule has 0 spiro atoms. The summed E-state index contributed by atoms with van der Waals surface area (Å²) in [5.41, 5.74) is 1.83. The van der Waals surface area contributed by atoms with Gasteiger partial charge in [0.15, 0.2) is 11.3 Å². The molecule has 0 saturated heterocycles. The maximum absolute atomic E-state index is 2.53. The monoisotopic (exact) mass is 220 g/mol. The van der Waals surface area contributed by atoms with Crippen LogP contribution in [0, 0.1) is 5.41 Å². The first-order valence-corrected chi connectivity index (χ1v) is 6.21. The predicted octanol–water partition coefficient (Wildman–Crippen LogP) is 3.80. The third-order valence-corrected chi connectivity index (χ3v) is 2.89. The van der Waals surface area contributed by atoms with E-state index < -0.39 is 0 Å². The van der Waals surface area contributed by atoms with Gasteiger partial charge in [-0.15, -0.1) is 0 Å². The van der Waals surface area contributed by atoms with Gasteiger partial charge in [-0.05, 0) is 20.8 Å². The van der Waals surface area contributed by atoms with E-state index in [1.165, 1.54) is 5.71 Å². The van der Waals surface area contributed by atoms with Gasteiger partial charge in [0.2, 0.25) is 0 Å². The number of hydrogen-bond donors (Lipinski definition) is 0. The van der Waals surface area contributed by atoms with E-state index in [2.05, 4.69) is 70.4 Å². The lowest BCUT2D eigenvalue weighted by Crippen LogP contribution is -2.42. The average molecular weight is 220 g/mol. The van der Waals surface area contributed by atoms with Crippen molar-refractivity contribution in [3.05, 3.63) is 24.3 Å². The van der Waals surface area contributed by atoms with E-state index in [1.807, 2.05) is 0 Å². The van der Waals surface area contributed by atoms with Crippen LogP contribution in [0.3, 0.4) is 0 Å². The van der Waals surface area contributed by atoms with Gasteiger partial charge in [0, 0.05) is 17.9 Å². The first-order chi connectivity index (χ1) is 7.23. The van der Waals surface area contributed by atoms with Crippen molar-refractivity contribution in [2.75, 3.05) is 6.54 Å².